The van der Waals surface area contributed by atoms with Crippen molar-refractivity contribution in [1.29, 1.82) is 0 Å². The molecule has 5 atom stereocenters. The van der Waals surface area contributed by atoms with Gasteiger partial charge in [-0.05, 0) is 68.2 Å². The number of ether oxygens (including phenoxy) is 1. The fraction of sp³-hybridized carbons (Fsp3) is 0.583. The van der Waals surface area contributed by atoms with Crippen molar-refractivity contribution in [3.63, 3.8) is 0 Å². The third-order valence-electron chi connectivity index (χ3n) is 11.8. The Bertz CT molecular complexity index is 2000. The zero-order chi connectivity index (χ0) is 49.5. The summed E-state index contributed by atoms with van der Waals surface area (Å²) < 4.78 is 5.16. The molecule has 2 aromatic carbocycles. The molecule has 2 aliphatic rings. The number of amidine groups is 1. The predicted octanol–water partition coefficient (Wildman–Crippen LogP) is 1.96. The van der Waals surface area contributed by atoms with Gasteiger partial charge in [0.05, 0.1) is 19.6 Å². The van der Waals surface area contributed by atoms with E-state index in [1.54, 1.807) is 49.9 Å². The van der Waals surface area contributed by atoms with Crippen LogP contribution in [0.4, 0.5) is 0 Å². The number of primary amides is 1. The number of carbonyl (C=O) groups excluding carboxylic acids is 7. The molecule has 1 saturated heterocycles. The Labute approximate surface area is 408 Å². The highest BCUT2D eigenvalue weighted by Crippen LogP contribution is 2.44. The molecular weight excluding hydrogens is 909 g/mol. The lowest BCUT2D eigenvalue weighted by Gasteiger charge is -2.37. The molecule has 18 nitrogen and oxygen atoms in total. The van der Waals surface area contributed by atoms with Crippen LogP contribution in [0.5, 0.6) is 5.75 Å². The number of amides is 7. The highest BCUT2D eigenvalue weighted by molar-refractivity contribution is 8.16. The maximum atomic E-state index is 14.5. The number of aliphatic imine (C=N–C) groups is 1. The average Bonchev–Trinajstić information content (AvgIpc) is 3.31. The van der Waals surface area contributed by atoms with Gasteiger partial charge in [0, 0.05) is 47.9 Å². The molecule has 0 unspecified atom stereocenters. The lowest BCUT2D eigenvalue weighted by atomic mass is 9.85. The topological polar surface area (TPSA) is 291 Å². The summed E-state index contributed by atoms with van der Waals surface area (Å²) >= 11 is 3.03. The molecular formula is C48H72N10O8S2. The highest BCUT2D eigenvalue weighted by Gasteiger charge is 2.38. The Morgan fingerprint density at radius 2 is 1.43 bits per heavy atom. The standard InChI is InChI=1S/C48H72N10O8S2/c1-4-66-34-18-16-33(17-19-34)25-35-44(62)55-36(24-32-14-8-5-9-15-32)46(64)58-42(31(2)3)47(65)56-37(26-40(51)59)45(63)57-38(43(61)53-23-13-7-12-22-52-39(50)28-49)29-67-30-68-48(27-41(60)54-35)20-10-6-11-21-48/h5,8-9,14-19,31,35-38,42H,4,6-7,10-13,20-30,49H2,1-3H3,(H2,50,52)(H2,51,59)(H,53,61)(H,54,60)(H,55,62)(H,56,65)(H,57,63)(H,58,64)/t35-,36-,37-,38-,42+/m1/s1. The number of benzene rings is 2. The van der Waals surface area contributed by atoms with Gasteiger partial charge < -0.3 is 53.8 Å². The molecule has 20 heteroatoms. The maximum Gasteiger partial charge on any atom is 0.243 e. The number of nitrogens with two attached hydrogens (primary N) is 3. The van der Waals surface area contributed by atoms with Gasteiger partial charge in [-0.2, -0.15) is 0 Å². The summed E-state index contributed by atoms with van der Waals surface area (Å²) in [5, 5.41) is 17.4. The van der Waals surface area contributed by atoms with Gasteiger partial charge in [0.2, 0.25) is 41.4 Å². The molecule has 374 valence electrons. The summed E-state index contributed by atoms with van der Waals surface area (Å²) in [7, 11) is 0. The van der Waals surface area contributed by atoms with E-state index >= 15 is 0 Å². The Balaban J connectivity index is 1.69. The molecule has 1 aliphatic carbocycles. The minimum absolute atomic E-state index is 0.0423. The predicted molar refractivity (Wildman–Crippen MR) is 268 cm³/mol. The second-order valence-corrected chi connectivity index (χ2v) is 20.5. The zero-order valence-corrected chi connectivity index (χ0v) is 41.3. The summed E-state index contributed by atoms with van der Waals surface area (Å²) in [5.74, 6) is -3.91. The molecule has 2 fully saturated rings. The van der Waals surface area contributed by atoms with E-state index < -0.39 is 82.7 Å². The van der Waals surface area contributed by atoms with Crippen molar-refractivity contribution in [2.75, 3.05) is 37.1 Å². The minimum Gasteiger partial charge on any atom is -0.494 e. The largest absolute Gasteiger partial charge is 0.494 e. The van der Waals surface area contributed by atoms with Crippen molar-refractivity contribution < 1.29 is 38.3 Å². The Kier molecular flexibility index (Phi) is 23.5. The summed E-state index contributed by atoms with van der Waals surface area (Å²) in [5.41, 5.74) is 18.3. The Morgan fingerprint density at radius 1 is 0.794 bits per heavy atom. The number of nitrogens with zero attached hydrogens (tertiary/aromatic N) is 1. The zero-order valence-electron chi connectivity index (χ0n) is 39.6. The van der Waals surface area contributed by atoms with Gasteiger partial charge in [-0.1, -0.05) is 75.6 Å². The summed E-state index contributed by atoms with van der Waals surface area (Å²) in [4.78, 5) is 102. The molecule has 0 aromatic heterocycles. The van der Waals surface area contributed by atoms with Crippen LogP contribution in [0.25, 0.3) is 0 Å². The van der Waals surface area contributed by atoms with Crippen LogP contribution >= 0.6 is 23.5 Å². The maximum absolute atomic E-state index is 14.5. The first kappa shape index (κ1) is 55.3. The van der Waals surface area contributed by atoms with E-state index in [0.717, 1.165) is 56.1 Å². The number of thioether (sulfide) groups is 2. The molecule has 12 N–H and O–H groups in total. The fourth-order valence-electron chi connectivity index (χ4n) is 8.06. The molecule has 0 radical (unpaired) electrons. The second kappa shape index (κ2) is 28.9. The van der Waals surface area contributed by atoms with Gasteiger partial charge in [-0.15, -0.1) is 23.5 Å². The third-order valence-corrected chi connectivity index (χ3v) is 14.7. The number of unbranched alkanes of at least 4 members (excludes halogenated alkanes) is 2. The van der Waals surface area contributed by atoms with E-state index in [0.29, 0.717) is 42.8 Å². The van der Waals surface area contributed by atoms with E-state index in [4.69, 9.17) is 21.9 Å². The van der Waals surface area contributed by atoms with Crippen molar-refractivity contribution in [2.45, 2.75) is 133 Å². The lowest BCUT2D eigenvalue weighted by Crippen LogP contribution is -2.61. The first-order valence-corrected chi connectivity index (χ1v) is 25.8. The molecule has 1 saturated carbocycles. The molecule has 7 amide bonds. The summed E-state index contributed by atoms with van der Waals surface area (Å²) in [6.45, 7) is 6.75. The van der Waals surface area contributed by atoms with Crippen molar-refractivity contribution in [3.8, 4) is 5.75 Å². The molecule has 4 rings (SSSR count). The normalized spacial score (nSPS) is 22.7. The van der Waals surface area contributed by atoms with Gasteiger partial charge in [-0.3, -0.25) is 38.6 Å². The number of rotatable bonds is 17. The smallest absolute Gasteiger partial charge is 0.243 e. The van der Waals surface area contributed by atoms with Gasteiger partial charge in [-0.25, -0.2) is 0 Å². The first-order valence-electron chi connectivity index (χ1n) is 23.6. The lowest BCUT2D eigenvalue weighted by molar-refractivity contribution is -0.136. The van der Waals surface area contributed by atoms with Crippen LogP contribution in [0.15, 0.2) is 59.6 Å². The number of carbonyl (C=O) groups is 7. The van der Waals surface area contributed by atoms with E-state index in [1.807, 2.05) is 37.3 Å². The van der Waals surface area contributed by atoms with Gasteiger partial charge in [0.1, 0.15) is 41.8 Å². The minimum atomic E-state index is -1.49. The number of hydrogen-bond acceptors (Lipinski definition) is 12. The van der Waals surface area contributed by atoms with Gasteiger partial charge in [0.25, 0.3) is 0 Å². The van der Waals surface area contributed by atoms with Crippen molar-refractivity contribution in [2.24, 2.45) is 28.1 Å². The van der Waals surface area contributed by atoms with E-state index in [2.05, 4.69) is 36.9 Å². The summed E-state index contributed by atoms with van der Waals surface area (Å²) in [6, 6.07) is 10.2. The average molecular weight is 981 g/mol. The van der Waals surface area contributed by atoms with Crippen molar-refractivity contribution in [1.82, 2.24) is 31.9 Å². The van der Waals surface area contributed by atoms with Crippen LogP contribution in [0.3, 0.4) is 0 Å². The van der Waals surface area contributed by atoms with Crippen LogP contribution in [-0.2, 0) is 46.4 Å². The van der Waals surface area contributed by atoms with Crippen LogP contribution < -0.4 is 53.8 Å². The van der Waals surface area contributed by atoms with E-state index in [1.165, 1.54) is 11.8 Å². The fourth-order valence-corrected chi connectivity index (χ4v) is 11.1. The van der Waals surface area contributed by atoms with Gasteiger partial charge >= 0.3 is 0 Å². The molecule has 0 bridgehead atoms. The third kappa shape index (κ3) is 19.0. The molecule has 1 spiro atoms. The Morgan fingerprint density at radius 3 is 2.07 bits per heavy atom. The van der Waals surface area contributed by atoms with Crippen LogP contribution in [0.2, 0.25) is 0 Å². The molecule has 2 aromatic rings. The quantitative estimate of drug-likeness (QED) is 0.0625. The van der Waals surface area contributed by atoms with Crippen LogP contribution in [0.1, 0.15) is 96.1 Å². The molecule has 1 heterocycles. The van der Waals surface area contributed by atoms with Gasteiger partial charge in [0.15, 0.2) is 0 Å². The summed E-state index contributed by atoms with van der Waals surface area (Å²) in [6.07, 6.45) is 6.18. The SMILES string of the molecule is CCOc1ccc(C[C@H]2NC(=O)CC3(CCCCC3)SCSC[C@H](C(=O)NCCCCCN=C(N)CN)NC(=O)[C@@H](CC(N)=O)NC(=O)[C@H](C(C)C)NC(=O)[C@@H](Cc3ccccc3)NC2=O)cc1. The Hall–Kier alpha value is -5.34. The van der Waals surface area contributed by atoms with Crippen molar-refractivity contribution in [3.05, 3.63) is 65.7 Å². The van der Waals surface area contributed by atoms with Crippen LogP contribution in [0, 0.1) is 5.92 Å². The highest BCUT2D eigenvalue weighted by atomic mass is 32.2. The second-order valence-electron chi connectivity index (χ2n) is 17.7. The number of nitrogens with one attached hydrogen (secondary N) is 6. The van der Waals surface area contributed by atoms with Crippen molar-refractivity contribution >= 4 is 70.7 Å². The van der Waals surface area contributed by atoms with E-state index in [9.17, 15) is 33.6 Å². The molecule has 68 heavy (non-hydrogen) atoms. The van der Waals surface area contributed by atoms with Crippen LogP contribution in [-0.4, -0.2) is 119 Å². The monoisotopic (exact) mass is 980 g/mol. The van der Waals surface area contributed by atoms with E-state index in [-0.39, 0.29) is 37.5 Å². The first-order chi connectivity index (χ1) is 32.6. The number of hydrogen-bond donors (Lipinski definition) is 9. The molecule has 1 aliphatic heterocycles.